The highest BCUT2D eigenvalue weighted by atomic mass is 32.1. The summed E-state index contributed by atoms with van der Waals surface area (Å²) in [4.78, 5) is 31.7. The number of carbonyl (C=O) groups is 2. The number of aromatic nitrogens is 2. The molecule has 2 heterocycles. The van der Waals surface area contributed by atoms with Gasteiger partial charge in [0.1, 0.15) is 5.69 Å². The molecule has 2 aromatic carbocycles. The van der Waals surface area contributed by atoms with Gasteiger partial charge >= 0.3 is 0 Å². The van der Waals surface area contributed by atoms with Crippen LogP contribution in [0.1, 0.15) is 26.4 Å². The average Bonchev–Trinajstić information content (AvgIpc) is 3.29. The Morgan fingerprint density at radius 2 is 1.86 bits per heavy atom. The summed E-state index contributed by atoms with van der Waals surface area (Å²) in [7, 11) is 3.45. The lowest BCUT2D eigenvalue weighted by molar-refractivity contribution is 0.0821. The SMILES string of the molecule is Cc1ccc(C(=O)Nc2cccc(-c3cn4c(C(=O)N(C)C)csc4n3)c2)cc1. The van der Waals surface area contributed by atoms with Crippen LogP contribution >= 0.6 is 11.3 Å². The highest BCUT2D eigenvalue weighted by Crippen LogP contribution is 2.26. The van der Waals surface area contributed by atoms with Gasteiger partial charge < -0.3 is 10.2 Å². The summed E-state index contributed by atoms with van der Waals surface area (Å²) >= 11 is 1.42. The first-order chi connectivity index (χ1) is 13.9. The molecule has 0 saturated carbocycles. The molecule has 146 valence electrons. The molecule has 0 atom stereocenters. The van der Waals surface area contributed by atoms with Crippen molar-refractivity contribution in [1.29, 1.82) is 0 Å². The second-order valence-electron chi connectivity index (χ2n) is 7.00. The zero-order chi connectivity index (χ0) is 20.5. The number of fused-ring (bicyclic) bond motifs is 1. The first-order valence-corrected chi connectivity index (χ1v) is 9.97. The van der Waals surface area contributed by atoms with Gasteiger partial charge in [0.05, 0.1) is 5.69 Å². The van der Waals surface area contributed by atoms with Crippen LogP contribution in [0.5, 0.6) is 0 Å². The third-order valence-electron chi connectivity index (χ3n) is 4.56. The van der Waals surface area contributed by atoms with Crippen LogP contribution in [-0.4, -0.2) is 40.2 Å². The van der Waals surface area contributed by atoms with Gasteiger partial charge in [-0.2, -0.15) is 0 Å². The Kier molecular flexibility index (Phi) is 4.90. The maximum Gasteiger partial charge on any atom is 0.271 e. The Labute approximate surface area is 172 Å². The Balaban J connectivity index is 1.61. The number of imidazole rings is 1. The van der Waals surface area contributed by atoms with E-state index in [1.54, 1.807) is 35.5 Å². The molecule has 0 unspecified atom stereocenters. The lowest BCUT2D eigenvalue weighted by Crippen LogP contribution is -2.22. The fraction of sp³-hybridized carbons (Fsp3) is 0.136. The summed E-state index contributed by atoms with van der Waals surface area (Å²) in [6, 6.07) is 15.0. The van der Waals surface area contributed by atoms with E-state index in [1.807, 2.05) is 54.9 Å². The Morgan fingerprint density at radius 3 is 2.59 bits per heavy atom. The molecule has 0 aliphatic heterocycles. The highest BCUT2D eigenvalue weighted by Gasteiger charge is 2.17. The smallest absolute Gasteiger partial charge is 0.271 e. The fourth-order valence-electron chi connectivity index (χ4n) is 2.97. The van der Waals surface area contributed by atoms with Gasteiger partial charge in [-0.3, -0.25) is 14.0 Å². The quantitative estimate of drug-likeness (QED) is 0.551. The van der Waals surface area contributed by atoms with Crippen molar-refractivity contribution in [2.45, 2.75) is 6.92 Å². The standard InChI is InChI=1S/C22H20N4O2S/c1-14-7-9-15(10-8-14)20(27)23-17-6-4-5-16(11-17)18-12-26-19(21(28)25(2)3)13-29-22(26)24-18/h4-13H,1-3H3,(H,23,27). The van der Waals surface area contributed by atoms with Crippen LogP contribution < -0.4 is 5.32 Å². The normalized spacial score (nSPS) is 10.9. The maximum absolute atomic E-state index is 12.5. The second-order valence-corrected chi connectivity index (χ2v) is 7.84. The molecule has 0 aliphatic carbocycles. The average molecular weight is 404 g/mol. The summed E-state index contributed by atoms with van der Waals surface area (Å²) in [6.07, 6.45) is 1.85. The minimum Gasteiger partial charge on any atom is -0.343 e. The van der Waals surface area contributed by atoms with E-state index in [9.17, 15) is 9.59 Å². The van der Waals surface area contributed by atoms with Crippen molar-refractivity contribution >= 4 is 33.8 Å². The minimum atomic E-state index is -0.160. The molecule has 4 rings (SSSR count). The van der Waals surface area contributed by atoms with Crippen molar-refractivity contribution in [1.82, 2.24) is 14.3 Å². The van der Waals surface area contributed by atoms with Crippen LogP contribution in [0.15, 0.2) is 60.1 Å². The van der Waals surface area contributed by atoms with E-state index in [2.05, 4.69) is 10.3 Å². The molecule has 7 heteroatoms. The number of amides is 2. The third-order valence-corrected chi connectivity index (χ3v) is 5.40. The number of aryl methyl sites for hydroxylation is 1. The number of hydrogen-bond donors (Lipinski definition) is 1. The Bertz CT molecular complexity index is 1210. The van der Waals surface area contributed by atoms with Crippen LogP contribution in [0.25, 0.3) is 16.2 Å². The fourth-order valence-corrected chi connectivity index (χ4v) is 3.82. The molecule has 0 saturated heterocycles. The number of anilines is 1. The van der Waals surface area contributed by atoms with E-state index < -0.39 is 0 Å². The third kappa shape index (κ3) is 3.77. The van der Waals surface area contributed by atoms with Crippen LogP contribution in [0.2, 0.25) is 0 Å². The van der Waals surface area contributed by atoms with Crippen molar-refractivity contribution in [3.8, 4) is 11.3 Å². The first kappa shape index (κ1) is 18.9. The van der Waals surface area contributed by atoms with Crippen LogP contribution in [0, 0.1) is 6.92 Å². The predicted molar refractivity (Wildman–Crippen MR) is 116 cm³/mol. The molecule has 2 amide bonds. The van der Waals surface area contributed by atoms with Gasteiger partial charge in [0.25, 0.3) is 11.8 Å². The summed E-state index contributed by atoms with van der Waals surface area (Å²) in [5.74, 6) is -0.230. The molecule has 0 spiro atoms. The monoisotopic (exact) mass is 404 g/mol. The topological polar surface area (TPSA) is 66.7 Å². The van der Waals surface area contributed by atoms with E-state index in [0.717, 1.165) is 21.8 Å². The molecule has 4 aromatic rings. The van der Waals surface area contributed by atoms with Crippen LogP contribution in [-0.2, 0) is 0 Å². The predicted octanol–water partition coefficient (Wildman–Crippen LogP) is 4.33. The summed E-state index contributed by atoms with van der Waals surface area (Å²) < 4.78 is 1.81. The molecule has 2 aromatic heterocycles. The summed E-state index contributed by atoms with van der Waals surface area (Å²) in [5, 5.41) is 4.74. The molecule has 0 bridgehead atoms. The number of benzene rings is 2. The molecule has 1 N–H and O–H groups in total. The van der Waals surface area contributed by atoms with Gasteiger partial charge in [-0.25, -0.2) is 4.98 Å². The van der Waals surface area contributed by atoms with Gasteiger partial charge in [0.2, 0.25) is 0 Å². The number of thiazole rings is 1. The van der Waals surface area contributed by atoms with Gasteiger partial charge in [-0.15, -0.1) is 11.3 Å². The van der Waals surface area contributed by atoms with Crippen molar-refractivity contribution in [2.75, 3.05) is 19.4 Å². The molecule has 6 nitrogen and oxygen atoms in total. The van der Waals surface area contributed by atoms with Gasteiger partial charge in [0, 0.05) is 42.5 Å². The summed E-state index contributed by atoms with van der Waals surface area (Å²) in [5.41, 5.74) is 4.60. The zero-order valence-corrected chi connectivity index (χ0v) is 17.2. The maximum atomic E-state index is 12.5. The lowest BCUT2D eigenvalue weighted by atomic mass is 10.1. The molecule has 0 radical (unpaired) electrons. The van der Waals surface area contributed by atoms with E-state index in [4.69, 9.17) is 0 Å². The molecule has 0 fully saturated rings. The van der Waals surface area contributed by atoms with E-state index in [0.29, 0.717) is 16.9 Å². The molecular weight excluding hydrogens is 384 g/mol. The van der Waals surface area contributed by atoms with Gasteiger partial charge in [0.15, 0.2) is 4.96 Å². The van der Waals surface area contributed by atoms with E-state index >= 15 is 0 Å². The highest BCUT2D eigenvalue weighted by molar-refractivity contribution is 7.15. The Morgan fingerprint density at radius 1 is 1.10 bits per heavy atom. The molecule has 0 aliphatic rings. The van der Waals surface area contributed by atoms with Crippen molar-refractivity contribution in [3.63, 3.8) is 0 Å². The van der Waals surface area contributed by atoms with Gasteiger partial charge in [-0.05, 0) is 31.2 Å². The lowest BCUT2D eigenvalue weighted by Gasteiger charge is -2.08. The van der Waals surface area contributed by atoms with E-state index in [-0.39, 0.29) is 11.8 Å². The molecular formula is C22H20N4O2S. The van der Waals surface area contributed by atoms with Gasteiger partial charge in [-0.1, -0.05) is 29.8 Å². The van der Waals surface area contributed by atoms with Crippen LogP contribution in [0.3, 0.4) is 0 Å². The first-order valence-electron chi connectivity index (χ1n) is 9.09. The number of carbonyl (C=O) groups excluding carboxylic acids is 2. The number of nitrogens with one attached hydrogen (secondary N) is 1. The molecule has 29 heavy (non-hydrogen) atoms. The van der Waals surface area contributed by atoms with Crippen molar-refractivity contribution in [3.05, 3.63) is 76.9 Å². The minimum absolute atomic E-state index is 0.0701. The summed E-state index contributed by atoms with van der Waals surface area (Å²) in [6.45, 7) is 1.98. The van der Waals surface area contributed by atoms with Crippen molar-refractivity contribution < 1.29 is 9.59 Å². The van der Waals surface area contributed by atoms with Crippen LogP contribution in [0.4, 0.5) is 5.69 Å². The second kappa shape index (κ2) is 7.52. The van der Waals surface area contributed by atoms with Crippen molar-refractivity contribution in [2.24, 2.45) is 0 Å². The number of hydrogen-bond acceptors (Lipinski definition) is 4. The number of rotatable bonds is 4. The Hall–Kier alpha value is -3.45. The largest absolute Gasteiger partial charge is 0.343 e. The van der Waals surface area contributed by atoms with E-state index in [1.165, 1.54) is 11.3 Å². The zero-order valence-electron chi connectivity index (χ0n) is 16.3. The number of nitrogens with zero attached hydrogens (tertiary/aromatic N) is 3.